The molecule has 1 saturated carbocycles. The van der Waals surface area contributed by atoms with Crippen LogP contribution in [0.5, 0.6) is 0 Å². The number of sulfonamides is 1. The molecule has 0 bridgehead atoms. The molecule has 46 heavy (non-hydrogen) atoms. The van der Waals surface area contributed by atoms with Crippen LogP contribution in [0.3, 0.4) is 0 Å². The summed E-state index contributed by atoms with van der Waals surface area (Å²) in [5.74, 6) is -0.214. The zero-order valence-electron chi connectivity index (χ0n) is 26.0. The Balaban J connectivity index is 1.32. The van der Waals surface area contributed by atoms with Gasteiger partial charge in [-0.15, -0.1) is 0 Å². The Labute approximate surface area is 269 Å². The van der Waals surface area contributed by atoms with Gasteiger partial charge in [-0.2, -0.15) is 0 Å². The highest BCUT2D eigenvalue weighted by Crippen LogP contribution is 2.33. The normalized spacial score (nSPS) is 22.7. The number of aliphatic hydroxyl groups excluding tert-OH is 1. The highest BCUT2D eigenvalue weighted by Gasteiger charge is 2.44. The van der Waals surface area contributed by atoms with E-state index >= 15 is 0 Å². The van der Waals surface area contributed by atoms with Crippen molar-refractivity contribution in [3.05, 3.63) is 60.2 Å². The van der Waals surface area contributed by atoms with Crippen LogP contribution in [0, 0.1) is 5.92 Å². The zero-order valence-corrected chi connectivity index (χ0v) is 26.8. The number of rotatable bonds is 15. The molecule has 2 saturated heterocycles. The molecular weight excluding hydrogens is 616 g/mol. The third kappa shape index (κ3) is 9.17. The maximum Gasteiger partial charge on any atom is 0.407 e. The van der Waals surface area contributed by atoms with E-state index in [9.17, 15) is 23.1 Å². The number of fused-ring (bicyclic) bond motifs is 1. The lowest BCUT2D eigenvalue weighted by Crippen LogP contribution is -2.51. The Hall–Kier alpha value is -3.27. The fourth-order valence-electron chi connectivity index (χ4n) is 5.99. The number of hydrogen-bond acceptors (Lipinski definition) is 10. The molecule has 13 nitrogen and oxygen atoms in total. The summed E-state index contributed by atoms with van der Waals surface area (Å²) in [6.45, 7) is 2.52. The fraction of sp³-hybridized carbons (Fsp3) is 0.562. The van der Waals surface area contributed by atoms with Crippen molar-refractivity contribution in [1.29, 1.82) is 0 Å². The number of carbonyl (C=O) groups excluding carboxylic acids is 2. The molecule has 0 spiro atoms. The second-order valence-electron chi connectivity index (χ2n) is 11.9. The van der Waals surface area contributed by atoms with E-state index in [-0.39, 0.29) is 42.1 Å². The topological polar surface area (TPSA) is 165 Å². The maximum atomic E-state index is 14.0. The van der Waals surface area contributed by atoms with Gasteiger partial charge in [0.25, 0.3) is 10.0 Å². The third-order valence-corrected chi connectivity index (χ3v) is 10.1. The first kappa shape index (κ1) is 34.1. The smallest absolute Gasteiger partial charge is 0.407 e. The van der Waals surface area contributed by atoms with Gasteiger partial charge in [0.2, 0.25) is 5.91 Å². The van der Waals surface area contributed by atoms with Gasteiger partial charge in [-0.25, -0.2) is 13.2 Å². The van der Waals surface area contributed by atoms with Crippen molar-refractivity contribution >= 4 is 27.7 Å². The Bertz CT molecular complexity index is 1410. The van der Waals surface area contributed by atoms with Gasteiger partial charge in [0.1, 0.15) is 6.10 Å². The molecule has 252 valence electrons. The Kier molecular flexibility index (Phi) is 11.9. The number of nitrogens with one attached hydrogen (secondary N) is 3. The molecule has 2 amide bonds. The summed E-state index contributed by atoms with van der Waals surface area (Å²) in [6, 6.07) is 14.7. The van der Waals surface area contributed by atoms with Crippen LogP contribution < -0.4 is 16.0 Å². The lowest BCUT2D eigenvalue weighted by atomic mass is 10.0. The van der Waals surface area contributed by atoms with Crippen molar-refractivity contribution in [2.75, 3.05) is 38.2 Å². The van der Waals surface area contributed by atoms with Gasteiger partial charge in [-0.3, -0.25) is 9.63 Å². The van der Waals surface area contributed by atoms with Gasteiger partial charge in [0.05, 0.1) is 48.8 Å². The van der Waals surface area contributed by atoms with Crippen LogP contribution in [-0.2, 0) is 40.3 Å². The number of carbonyl (C=O) groups is 2. The molecule has 14 heteroatoms. The minimum atomic E-state index is -4.25. The minimum absolute atomic E-state index is 0.0243. The molecule has 1 aliphatic carbocycles. The number of ether oxygens (including phenoxy) is 3. The number of anilines is 1. The van der Waals surface area contributed by atoms with Crippen LogP contribution in [0.2, 0.25) is 0 Å². The van der Waals surface area contributed by atoms with Crippen LogP contribution in [-0.4, -0.2) is 93.5 Å². The number of benzene rings is 2. The number of amides is 2. The van der Waals surface area contributed by atoms with Crippen molar-refractivity contribution in [1.82, 2.24) is 15.1 Å². The second-order valence-corrected chi connectivity index (χ2v) is 13.7. The standard InChI is InChI=1S/C32H44N4O9S/c1-22(37)33-15-16-34-24-10-7-13-26(19-24)46(40,41)36(45-25-11-5-6-12-25)20-29(38)28(18-23-8-3-2-4-9-23)35-32(39)44-30-21-43-31-27(30)14-17-42-31/h2-4,7-10,13,19,25,27-31,34,38H,5-6,11-12,14-18,20-21H2,1H3,(H,33,37)(H,35,39)/t27-,28-,29+,30-,31+/m0/s1. The van der Waals surface area contributed by atoms with E-state index in [4.69, 9.17) is 19.0 Å². The highest BCUT2D eigenvalue weighted by atomic mass is 32.2. The van der Waals surface area contributed by atoms with Crippen molar-refractivity contribution in [3.63, 3.8) is 0 Å². The van der Waals surface area contributed by atoms with Gasteiger partial charge in [0, 0.05) is 25.7 Å². The van der Waals surface area contributed by atoms with Crippen LogP contribution in [0.15, 0.2) is 59.5 Å². The van der Waals surface area contributed by atoms with Gasteiger partial charge in [0.15, 0.2) is 6.29 Å². The van der Waals surface area contributed by atoms with Gasteiger partial charge in [-0.05, 0) is 49.4 Å². The largest absolute Gasteiger partial charge is 0.443 e. The molecule has 0 unspecified atom stereocenters. The summed E-state index contributed by atoms with van der Waals surface area (Å²) in [4.78, 5) is 30.3. The van der Waals surface area contributed by atoms with E-state index < -0.39 is 40.9 Å². The van der Waals surface area contributed by atoms with Gasteiger partial charge < -0.3 is 35.3 Å². The van der Waals surface area contributed by atoms with Crippen molar-refractivity contribution in [2.24, 2.45) is 5.92 Å². The van der Waals surface area contributed by atoms with Gasteiger partial charge >= 0.3 is 6.09 Å². The molecule has 4 N–H and O–H groups in total. The van der Waals surface area contributed by atoms with E-state index in [0.717, 1.165) is 29.3 Å². The first-order valence-electron chi connectivity index (χ1n) is 15.9. The number of hydroxylamine groups is 1. The van der Waals surface area contributed by atoms with E-state index in [2.05, 4.69) is 16.0 Å². The molecular formula is C32H44N4O9S. The van der Waals surface area contributed by atoms with Crippen LogP contribution >= 0.6 is 0 Å². The fourth-order valence-corrected chi connectivity index (χ4v) is 7.33. The average molecular weight is 661 g/mol. The van der Waals surface area contributed by atoms with Crippen molar-refractivity contribution in [2.45, 2.75) is 81.0 Å². The zero-order chi connectivity index (χ0) is 32.5. The summed E-state index contributed by atoms with van der Waals surface area (Å²) >= 11 is 0. The van der Waals surface area contributed by atoms with Crippen molar-refractivity contribution in [3.8, 4) is 0 Å². The summed E-state index contributed by atoms with van der Waals surface area (Å²) in [5.41, 5.74) is 1.38. The molecule has 2 heterocycles. The SMILES string of the molecule is CC(=O)NCCNc1cccc(S(=O)(=O)N(C[C@@H](O)[C@H](Cc2ccccc2)NC(=O)O[C@H]2CO[C@H]3OCC[C@H]32)OC2CCCC2)c1. The predicted octanol–water partition coefficient (Wildman–Crippen LogP) is 2.56. The first-order valence-corrected chi connectivity index (χ1v) is 17.3. The predicted molar refractivity (Wildman–Crippen MR) is 168 cm³/mol. The van der Waals surface area contributed by atoms with E-state index in [1.165, 1.54) is 19.1 Å². The summed E-state index contributed by atoms with van der Waals surface area (Å²) in [5, 5.41) is 20.2. The van der Waals surface area contributed by atoms with Crippen LogP contribution in [0.25, 0.3) is 0 Å². The Morgan fingerprint density at radius 1 is 1.04 bits per heavy atom. The number of alkyl carbamates (subject to hydrolysis) is 1. The van der Waals surface area contributed by atoms with Crippen LogP contribution in [0.4, 0.5) is 10.5 Å². The van der Waals surface area contributed by atoms with E-state index in [0.29, 0.717) is 38.2 Å². The first-order chi connectivity index (χ1) is 22.2. The lowest BCUT2D eigenvalue weighted by molar-refractivity contribution is -0.145. The Morgan fingerprint density at radius 3 is 2.59 bits per heavy atom. The molecule has 3 fully saturated rings. The second kappa shape index (κ2) is 16.0. The van der Waals surface area contributed by atoms with Crippen molar-refractivity contribution < 1.29 is 42.2 Å². The molecule has 5 atom stereocenters. The molecule has 5 rings (SSSR count). The quantitative estimate of drug-likeness (QED) is 0.165. The number of aliphatic hydroxyl groups is 1. The minimum Gasteiger partial charge on any atom is -0.443 e. The molecule has 0 aromatic heterocycles. The van der Waals surface area contributed by atoms with Crippen LogP contribution in [0.1, 0.15) is 44.6 Å². The monoisotopic (exact) mass is 660 g/mol. The van der Waals surface area contributed by atoms with E-state index in [1.807, 2.05) is 30.3 Å². The molecule has 2 aromatic carbocycles. The molecule has 0 radical (unpaired) electrons. The number of hydrogen-bond donors (Lipinski definition) is 4. The third-order valence-electron chi connectivity index (χ3n) is 8.44. The molecule has 2 aliphatic heterocycles. The summed E-state index contributed by atoms with van der Waals surface area (Å²) in [7, 11) is -4.25. The number of nitrogens with zero attached hydrogens (tertiary/aromatic N) is 1. The van der Waals surface area contributed by atoms with E-state index in [1.54, 1.807) is 12.1 Å². The summed E-state index contributed by atoms with van der Waals surface area (Å²) < 4.78 is 45.7. The maximum absolute atomic E-state index is 14.0. The summed E-state index contributed by atoms with van der Waals surface area (Å²) in [6.07, 6.45) is 0.873. The van der Waals surface area contributed by atoms with Gasteiger partial charge in [-0.1, -0.05) is 53.7 Å². The molecule has 3 aliphatic rings. The lowest BCUT2D eigenvalue weighted by Gasteiger charge is -2.31. The Morgan fingerprint density at radius 2 is 1.83 bits per heavy atom. The highest BCUT2D eigenvalue weighted by molar-refractivity contribution is 7.89. The molecule has 2 aromatic rings. The average Bonchev–Trinajstić information content (AvgIpc) is 3.80.